The maximum atomic E-state index is 5.37. The van der Waals surface area contributed by atoms with Gasteiger partial charge in [-0.2, -0.15) is 0 Å². The lowest BCUT2D eigenvalue weighted by Gasteiger charge is -2.33. The lowest BCUT2D eigenvalue weighted by molar-refractivity contribution is -0.00418. The maximum Gasteiger partial charge on any atom is 0.0619 e. The standard InChI is InChI=1S/C10H21NO2.C2H6/c1-3-12-7-4-5-11-6-8-13-9-10(11)2;1-2/h10H,3-9H2,1-2H3;1-2H3. The minimum Gasteiger partial charge on any atom is -0.382 e. The van der Waals surface area contributed by atoms with Crippen molar-refractivity contribution in [2.45, 2.75) is 40.2 Å². The average molecular weight is 217 g/mol. The molecule has 0 aromatic heterocycles. The summed E-state index contributed by atoms with van der Waals surface area (Å²) in [5.74, 6) is 0. The van der Waals surface area contributed by atoms with Crippen molar-refractivity contribution in [2.75, 3.05) is 39.5 Å². The van der Waals surface area contributed by atoms with Gasteiger partial charge < -0.3 is 9.47 Å². The summed E-state index contributed by atoms with van der Waals surface area (Å²) >= 11 is 0. The van der Waals surface area contributed by atoms with E-state index in [4.69, 9.17) is 9.47 Å². The highest BCUT2D eigenvalue weighted by Crippen LogP contribution is 2.06. The molecular formula is C12H27NO2. The van der Waals surface area contributed by atoms with Crippen molar-refractivity contribution in [2.24, 2.45) is 0 Å². The minimum absolute atomic E-state index is 0.579. The summed E-state index contributed by atoms with van der Waals surface area (Å²) in [5.41, 5.74) is 0. The minimum atomic E-state index is 0.579. The van der Waals surface area contributed by atoms with Gasteiger partial charge in [-0.25, -0.2) is 0 Å². The molecule has 1 rings (SSSR count). The van der Waals surface area contributed by atoms with E-state index in [1.54, 1.807) is 0 Å². The average Bonchev–Trinajstić information content (AvgIpc) is 2.29. The number of morpholine rings is 1. The molecule has 0 aliphatic carbocycles. The van der Waals surface area contributed by atoms with Crippen LogP contribution in [0.4, 0.5) is 0 Å². The van der Waals surface area contributed by atoms with Crippen LogP contribution in [0.2, 0.25) is 0 Å². The van der Waals surface area contributed by atoms with Gasteiger partial charge in [0.25, 0.3) is 0 Å². The molecule has 3 heteroatoms. The first-order valence-corrected chi connectivity index (χ1v) is 6.24. The molecule has 1 unspecified atom stereocenters. The van der Waals surface area contributed by atoms with Gasteiger partial charge in [0.1, 0.15) is 0 Å². The Morgan fingerprint density at radius 2 is 2.13 bits per heavy atom. The Balaban J connectivity index is 0.000000921. The zero-order valence-electron chi connectivity index (χ0n) is 10.8. The van der Waals surface area contributed by atoms with E-state index in [0.29, 0.717) is 6.04 Å². The summed E-state index contributed by atoms with van der Waals surface area (Å²) in [7, 11) is 0. The van der Waals surface area contributed by atoms with Crippen molar-refractivity contribution in [3.8, 4) is 0 Å². The fourth-order valence-corrected chi connectivity index (χ4v) is 1.61. The predicted octanol–water partition coefficient (Wildman–Crippen LogP) is 2.16. The molecule has 0 saturated carbocycles. The molecule has 1 atom stereocenters. The number of hydrogen-bond acceptors (Lipinski definition) is 3. The quantitative estimate of drug-likeness (QED) is 0.659. The van der Waals surface area contributed by atoms with Crippen LogP contribution in [-0.2, 0) is 9.47 Å². The summed E-state index contributed by atoms with van der Waals surface area (Å²) < 4.78 is 10.7. The normalized spacial score (nSPS) is 22.0. The van der Waals surface area contributed by atoms with Gasteiger partial charge in [-0.3, -0.25) is 4.90 Å². The molecule has 0 aromatic carbocycles. The number of nitrogens with zero attached hydrogens (tertiary/aromatic N) is 1. The second-order valence-corrected chi connectivity index (χ2v) is 3.51. The Kier molecular flexibility index (Phi) is 10.3. The highest BCUT2D eigenvalue weighted by molar-refractivity contribution is 4.70. The summed E-state index contributed by atoms with van der Waals surface area (Å²) in [4.78, 5) is 2.47. The van der Waals surface area contributed by atoms with Crippen LogP contribution in [0.5, 0.6) is 0 Å². The maximum absolute atomic E-state index is 5.37. The molecule has 1 fully saturated rings. The third kappa shape index (κ3) is 6.88. The summed E-state index contributed by atoms with van der Waals surface area (Å²) in [5, 5.41) is 0. The van der Waals surface area contributed by atoms with E-state index >= 15 is 0 Å². The van der Waals surface area contributed by atoms with Gasteiger partial charge in [0, 0.05) is 32.3 Å². The topological polar surface area (TPSA) is 21.7 Å². The smallest absolute Gasteiger partial charge is 0.0619 e. The Morgan fingerprint density at radius 3 is 2.73 bits per heavy atom. The van der Waals surface area contributed by atoms with E-state index in [1.807, 2.05) is 20.8 Å². The van der Waals surface area contributed by atoms with Crippen molar-refractivity contribution in [3.05, 3.63) is 0 Å². The summed E-state index contributed by atoms with van der Waals surface area (Å²) in [6, 6.07) is 0.579. The van der Waals surface area contributed by atoms with Crippen LogP contribution in [0, 0.1) is 0 Å². The predicted molar refractivity (Wildman–Crippen MR) is 64.3 cm³/mol. The van der Waals surface area contributed by atoms with Gasteiger partial charge in [0.15, 0.2) is 0 Å². The van der Waals surface area contributed by atoms with Crippen molar-refractivity contribution in [1.29, 1.82) is 0 Å². The van der Waals surface area contributed by atoms with Crippen LogP contribution in [0.1, 0.15) is 34.1 Å². The van der Waals surface area contributed by atoms with E-state index in [1.165, 1.54) is 0 Å². The van der Waals surface area contributed by atoms with Crippen LogP contribution < -0.4 is 0 Å². The molecule has 0 aromatic rings. The second kappa shape index (κ2) is 10.4. The van der Waals surface area contributed by atoms with Gasteiger partial charge in [-0.1, -0.05) is 13.8 Å². The van der Waals surface area contributed by atoms with Crippen LogP contribution in [-0.4, -0.2) is 50.5 Å². The van der Waals surface area contributed by atoms with E-state index in [0.717, 1.165) is 45.9 Å². The molecule has 0 bridgehead atoms. The molecule has 1 aliphatic heterocycles. The van der Waals surface area contributed by atoms with Crippen LogP contribution in [0.25, 0.3) is 0 Å². The fourth-order valence-electron chi connectivity index (χ4n) is 1.61. The molecule has 0 spiro atoms. The number of ether oxygens (including phenoxy) is 2. The monoisotopic (exact) mass is 217 g/mol. The highest BCUT2D eigenvalue weighted by Gasteiger charge is 2.17. The van der Waals surface area contributed by atoms with E-state index in [9.17, 15) is 0 Å². The highest BCUT2D eigenvalue weighted by atomic mass is 16.5. The Hall–Kier alpha value is -0.120. The fraction of sp³-hybridized carbons (Fsp3) is 1.00. The molecule has 1 saturated heterocycles. The van der Waals surface area contributed by atoms with Gasteiger partial charge in [-0.15, -0.1) is 0 Å². The molecule has 15 heavy (non-hydrogen) atoms. The van der Waals surface area contributed by atoms with Crippen molar-refractivity contribution in [1.82, 2.24) is 4.90 Å². The third-order valence-corrected chi connectivity index (χ3v) is 2.44. The summed E-state index contributed by atoms with van der Waals surface area (Å²) in [6.45, 7) is 14.0. The molecule has 0 N–H and O–H groups in total. The van der Waals surface area contributed by atoms with Gasteiger partial charge >= 0.3 is 0 Å². The van der Waals surface area contributed by atoms with Gasteiger partial charge in [0.2, 0.25) is 0 Å². The Labute approximate surface area is 94.7 Å². The van der Waals surface area contributed by atoms with E-state index in [2.05, 4.69) is 11.8 Å². The van der Waals surface area contributed by atoms with Crippen LogP contribution in [0.15, 0.2) is 0 Å². The largest absolute Gasteiger partial charge is 0.382 e. The Morgan fingerprint density at radius 1 is 1.40 bits per heavy atom. The molecule has 0 radical (unpaired) electrons. The Bertz CT molecular complexity index is 131. The van der Waals surface area contributed by atoms with Crippen LogP contribution >= 0.6 is 0 Å². The second-order valence-electron chi connectivity index (χ2n) is 3.51. The first-order valence-electron chi connectivity index (χ1n) is 6.24. The molecule has 1 aliphatic rings. The summed E-state index contributed by atoms with van der Waals surface area (Å²) in [6.07, 6.45) is 1.14. The SMILES string of the molecule is CC.CCOCCCN1CCOCC1C. The zero-order valence-corrected chi connectivity index (χ0v) is 10.8. The van der Waals surface area contributed by atoms with Crippen LogP contribution in [0.3, 0.4) is 0 Å². The van der Waals surface area contributed by atoms with Crippen molar-refractivity contribution >= 4 is 0 Å². The number of hydrogen-bond donors (Lipinski definition) is 0. The number of rotatable bonds is 5. The van der Waals surface area contributed by atoms with Gasteiger partial charge in [0.05, 0.1) is 13.2 Å². The molecule has 92 valence electrons. The molecule has 3 nitrogen and oxygen atoms in total. The lowest BCUT2D eigenvalue weighted by Crippen LogP contribution is -2.44. The molecule has 1 heterocycles. The molecular weight excluding hydrogens is 190 g/mol. The van der Waals surface area contributed by atoms with Crippen molar-refractivity contribution < 1.29 is 9.47 Å². The van der Waals surface area contributed by atoms with Crippen molar-refractivity contribution in [3.63, 3.8) is 0 Å². The van der Waals surface area contributed by atoms with E-state index < -0.39 is 0 Å². The lowest BCUT2D eigenvalue weighted by atomic mass is 10.2. The zero-order chi connectivity index (χ0) is 11.5. The van der Waals surface area contributed by atoms with Gasteiger partial charge in [-0.05, 0) is 20.3 Å². The first kappa shape index (κ1) is 14.9. The first-order chi connectivity index (χ1) is 7.34. The van der Waals surface area contributed by atoms with E-state index in [-0.39, 0.29) is 0 Å². The third-order valence-electron chi connectivity index (χ3n) is 2.44. The molecule has 0 amide bonds.